The van der Waals surface area contributed by atoms with Crippen molar-refractivity contribution in [1.82, 2.24) is 4.98 Å². The van der Waals surface area contributed by atoms with Crippen LogP contribution in [0.4, 0.5) is 10.8 Å². The molecule has 0 aliphatic rings. The van der Waals surface area contributed by atoms with Crippen molar-refractivity contribution in [2.45, 2.75) is 6.54 Å². The Hall–Kier alpha value is -3.44. The summed E-state index contributed by atoms with van der Waals surface area (Å²) in [5.74, 6) is -0.108. The maximum Gasteiger partial charge on any atom is 0.271 e. The first-order valence-electron chi connectivity index (χ1n) is 8.95. The van der Waals surface area contributed by atoms with Gasteiger partial charge in [0, 0.05) is 11.3 Å². The molecule has 138 valence electrons. The molecule has 0 saturated heterocycles. The second-order valence-electron chi connectivity index (χ2n) is 6.31. The van der Waals surface area contributed by atoms with Crippen molar-refractivity contribution < 1.29 is 4.79 Å². The minimum atomic E-state index is -0.108. The third kappa shape index (κ3) is 3.80. The number of nitrogens with zero attached hydrogens (tertiary/aromatic N) is 2. The summed E-state index contributed by atoms with van der Waals surface area (Å²) in [6.45, 7) is 0.468. The Bertz CT molecular complexity index is 1060. The van der Waals surface area contributed by atoms with Gasteiger partial charge in [0.1, 0.15) is 4.88 Å². The van der Waals surface area contributed by atoms with Gasteiger partial charge in [0.25, 0.3) is 5.91 Å². The predicted octanol–water partition coefficient (Wildman–Crippen LogP) is 5.24. The Morgan fingerprint density at radius 1 is 0.857 bits per heavy atom. The molecule has 28 heavy (non-hydrogen) atoms. The fourth-order valence-electron chi connectivity index (χ4n) is 3.05. The number of carbonyl (C=O) groups is 1. The van der Waals surface area contributed by atoms with Crippen molar-refractivity contribution in [2.75, 3.05) is 10.6 Å². The van der Waals surface area contributed by atoms with E-state index < -0.39 is 0 Å². The van der Waals surface area contributed by atoms with Gasteiger partial charge in [-0.3, -0.25) is 4.79 Å². The van der Waals surface area contributed by atoms with Crippen molar-refractivity contribution in [3.8, 4) is 11.3 Å². The van der Waals surface area contributed by atoms with E-state index in [4.69, 9.17) is 5.73 Å². The van der Waals surface area contributed by atoms with Crippen molar-refractivity contribution >= 4 is 28.1 Å². The lowest BCUT2D eigenvalue weighted by atomic mass is 10.1. The van der Waals surface area contributed by atoms with Crippen molar-refractivity contribution in [3.05, 3.63) is 101 Å². The number of hydrogen-bond acceptors (Lipinski definition) is 4. The van der Waals surface area contributed by atoms with E-state index in [0.29, 0.717) is 22.2 Å². The second kappa shape index (κ2) is 8.06. The van der Waals surface area contributed by atoms with Crippen LogP contribution in [0.25, 0.3) is 11.3 Å². The molecule has 0 aliphatic heterocycles. The molecule has 4 nitrogen and oxygen atoms in total. The number of benzene rings is 3. The zero-order chi connectivity index (χ0) is 19.3. The smallest absolute Gasteiger partial charge is 0.271 e. The van der Waals surface area contributed by atoms with E-state index in [0.717, 1.165) is 16.8 Å². The van der Waals surface area contributed by atoms with Crippen LogP contribution in [0, 0.1) is 0 Å². The van der Waals surface area contributed by atoms with Gasteiger partial charge in [0.2, 0.25) is 0 Å². The summed E-state index contributed by atoms with van der Waals surface area (Å²) in [6.07, 6.45) is 0. The van der Waals surface area contributed by atoms with Crippen LogP contribution in [0.3, 0.4) is 0 Å². The van der Waals surface area contributed by atoms with Crippen LogP contribution in [-0.2, 0) is 6.54 Å². The summed E-state index contributed by atoms with van der Waals surface area (Å²) >= 11 is 1.23. The molecule has 4 aromatic rings. The molecular weight excluding hydrogens is 366 g/mol. The molecule has 0 bridgehead atoms. The molecule has 2 N–H and O–H groups in total. The zero-order valence-electron chi connectivity index (χ0n) is 15.2. The van der Waals surface area contributed by atoms with E-state index in [1.807, 2.05) is 91.0 Å². The number of para-hydroxylation sites is 1. The van der Waals surface area contributed by atoms with Crippen LogP contribution in [0.15, 0.2) is 91.0 Å². The van der Waals surface area contributed by atoms with E-state index in [-0.39, 0.29) is 5.91 Å². The number of anilines is 2. The minimum Gasteiger partial charge on any atom is -0.375 e. The predicted molar refractivity (Wildman–Crippen MR) is 115 cm³/mol. The first-order chi connectivity index (χ1) is 13.7. The van der Waals surface area contributed by atoms with Gasteiger partial charge in [-0.2, -0.15) is 0 Å². The quantitative estimate of drug-likeness (QED) is 0.511. The van der Waals surface area contributed by atoms with E-state index in [9.17, 15) is 4.79 Å². The highest BCUT2D eigenvalue weighted by atomic mass is 32.1. The van der Waals surface area contributed by atoms with Gasteiger partial charge in [0.05, 0.1) is 12.2 Å². The highest BCUT2D eigenvalue weighted by Gasteiger charge is 2.25. The molecule has 1 aromatic heterocycles. The number of amides is 1. The van der Waals surface area contributed by atoms with Gasteiger partial charge in [-0.15, -0.1) is 0 Å². The Balaban J connectivity index is 1.76. The second-order valence-corrected chi connectivity index (χ2v) is 7.34. The molecule has 0 unspecified atom stereocenters. The Labute approximate surface area is 167 Å². The molecule has 0 aliphatic carbocycles. The molecule has 1 amide bonds. The van der Waals surface area contributed by atoms with Gasteiger partial charge >= 0.3 is 0 Å². The maximum atomic E-state index is 13.6. The SMILES string of the molecule is Nc1nc(-c2ccccc2)c(C(=O)N(Cc2ccccc2)c2ccccc2)s1. The molecule has 0 spiro atoms. The summed E-state index contributed by atoms with van der Waals surface area (Å²) in [7, 11) is 0. The van der Waals surface area contributed by atoms with Gasteiger partial charge < -0.3 is 10.6 Å². The van der Waals surface area contributed by atoms with E-state index in [1.165, 1.54) is 11.3 Å². The molecule has 4 rings (SSSR count). The number of hydrogen-bond donors (Lipinski definition) is 1. The zero-order valence-corrected chi connectivity index (χ0v) is 16.0. The highest BCUT2D eigenvalue weighted by Crippen LogP contribution is 2.32. The van der Waals surface area contributed by atoms with Crippen LogP contribution in [-0.4, -0.2) is 10.9 Å². The third-order valence-electron chi connectivity index (χ3n) is 4.38. The minimum absolute atomic E-state index is 0.108. The lowest BCUT2D eigenvalue weighted by molar-refractivity contribution is 0.0989. The molecule has 0 fully saturated rings. The van der Waals surface area contributed by atoms with Crippen LogP contribution in [0.1, 0.15) is 15.2 Å². The summed E-state index contributed by atoms with van der Waals surface area (Å²) in [6, 6.07) is 29.3. The average Bonchev–Trinajstić information content (AvgIpc) is 3.15. The molecule has 1 heterocycles. The van der Waals surface area contributed by atoms with Crippen LogP contribution in [0.5, 0.6) is 0 Å². The number of aromatic nitrogens is 1. The van der Waals surface area contributed by atoms with E-state index in [1.54, 1.807) is 4.90 Å². The molecular formula is C23H19N3OS. The lowest BCUT2D eigenvalue weighted by Gasteiger charge is -2.23. The maximum absolute atomic E-state index is 13.6. The van der Waals surface area contributed by atoms with Gasteiger partial charge in [-0.1, -0.05) is 90.2 Å². The summed E-state index contributed by atoms with van der Waals surface area (Å²) in [5, 5.41) is 0.384. The topological polar surface area (TPSA) is 59.2 Å². The van der Waals surface area contributed by atoms with Crippen LogP contribution in [0.2, 0.25) is 0 Å². The van der Waals surface area contributed by atoms with Crippen LogP contribution < -0.4 is 10.6 Å². The van der Waals surface area contributed by atoms with Crippen molar-refractivity contribution in [2.24, 2.45) is 0 Å². The number of nitrogen functional groups attached to an aromatic ring is 1. The van der Waals surface area contributed by atoms with E-state index >= 15 is 0 Å². The molecule has 5 heteroatoms. The standard InChI is InChI=1S/C23H19N3OS/c24-23-25-20(18-12-6-2-7-13-18)21(28-23)22(27)26(19-14-8-3-9-15-19)16-17-10-4-1-5-11-17/h1-15H,16H2,(H2,24,25). The summed E-state index contributed by atoms with van der Waals surface area (Å²) in [4.78, 5) is 20.3. The fourth-order valence-corrected chi connectivity index (χ4v) is 3.85. The molecule has 0 atom stereocenters. The number of nitrogens with two attached hydrogens (primary N) is 1. The molecule has 0 radical (unpaired) electrons. The van der Waals surface area contributed by atoms with Gasteiger partial charge in [-0.25, -0.2) is 4.98 Å². The highest BCUT2D eigenvalue weighted by molar-refractivity contribution is 7.17. The average molecular weight is 385 g/mol. The molecule has 3 aromatic carbocycles. The Morgan fingerprint density at radius 2 is 1.43 bits per heavy atom. The van der Waals surface area contributed by atoms with Crippen LogP contribution >= 0.6 is 11.3 Å². The third-order valence-corrected chi connectivity index (χ3v) is 5.25. The van der Waals surface area contributed by atoms with Gasteiger partial charge in [0.15, 0.2) is 5.13 Å². The number of rotatable bonds is 5. The summed E-state index contributed by atoms with van der Waals surface area (Å²) < 4.78 is 0. The first kappa shape index (κ1) is 17.9. The number of thiazole rings is 1. The Kier molecular flexibility index (Phi) is 5.17. The van der Waals surface area contributed by atoms with Crippen molar-refractivity contribution in [1.29, 1.82) is 0 Å². The fraction of sp³-hybridized carbons (Fsp3) is 0.0435. The Morgan fingerprint density at radius 3 is 2.07 bits per heavy atom. The normalized spacial score (nSPS) is 10.6. The number of carbonyl (C=O) groups excluding carboxylic acids is 1. The monoisotopic (exact) mass is 385 g/mol. The lowest BCUT2D eigenvalue weighted by Crippen LogP contribution is -2.30. The van der Waals surface area contributed by atoms with Gasteiger partial charge in [-0.05, 0) is 17.7 Å². The summed E-state index contributed by atoms with van der Waals surface area (Å²) in [5.41, 5.74) is 9.38. The molecule has 0 saturated carbocycles. The van der Waals surface area contributed by atoms with Crippen molar-refractivity contribution in [3.63, 3.8) is 0 Å². The largest absolute Gasteiger partial charge is 0.375 e. The first-order valence-corrected chi connectivity index (χ1v) is 9.76. The van der Waals surface area contributed by atoms with E-state index in [2.05, 4.69) is 4.98 Å².